The minimum Gasteiger partial charge on any atom is -0.379 e. The van der Waals surface area contributed by atoms with Crippen LogP contribution in [0.15, 0.2) is 36.9 Å². The van der Waals surface area contributed by atoms with Crippen molar-refractivity contribution in [3.05, 3.63) is 48.2 Å². The maximum Gasteiger partial charge on any atom is 0.106 e. The van der Waals surface area contributed by atoms with Crippen LogP contribution in [-0.4, -0.2) is 32.4 Å². The number of aryl methyl sites for hydroxylation is 1. The first-order valence-corrected chi connectivity index (χ1v) is 7.79. The van der Waals surface area contributed by atoms with Gasteiger partial charge in [-0.05, 0) is 25.5 Å². The Morgan fingerprint density at radius 2 is 2.17 bits per heavy atom. The lowest BCUT2D eigenvalue weighted by molar-refractivity contribution is 0.107. The summed E-state index contributed by atoms with van der Waals surface area (Å²) in [6.45, 7) is 2.82. The number of pyridine rings is 2. The lowest BCUT2D eigenvalue weighted by atomic mass is 10.0. The number of ether oxygens (including phenoxy) is 1. The molecule has 1 aliphatic rings. The molecular formula is C17H19N5O. The van der Waals surface area contributed by atoms with Crippen molar-refractivity contribution in [2.45, 2.75) is 25.5 Å². The van der Waals surface area contributed by atoms with Crippen molar-refractivity contribution in [2.75, 3.05) is 11.9 Å². The lowest BCUT2D eigenvalue weighted by Crippen LogP contribution is -2.23. The number of nitrogens with zero attached hydrogens (tertiary/aromatic N) is 4. The Morgan fingerprint density at radius 1 is 1.26 bits per heavy atom. The minimum atomic E-state index is 0.0172. The van der Waals surface area contributed by atoms with Crippen molar-refractivity contribution in [3.8, 4) is 0 Å². The maximum atomic E-state index is 5.98. The van der Waals surface area contributed by atoms with Crippen LogP contribution < -0.4 is 5.32 Å². The van der Waals surface area contributed by atoms with Gasteiger partial charge in [0.2, 0.25) is 0 Å². The van der Waals surface area contributed by atoms with Gasteiger partial charge in [-0.1, -0.05) is 0 Å². The molecular weight excluding hydrogens is 290 g/mol. The Bertz CT molecular complexity index is 839. The molecule has 3 aromatic heterocycles. The summed E-state index contributed by atoms with van der Waals surface area (Å²) in [5.74, 6) is 0. The van der Waals surface area contributed by atoms with Crippen LogP contribution in [-0.2, 0) is 11.8 Å². The van der Waals surface area contributed by atoms with Crippen molar-refractivity contribution in [1.29, 1.82) is 0 Å². The highest BCUT2D eigenvalue weighted by Crippen LogP contribution is 2.34. The summed E-state index contributed by atoms with van der Waals surface area (Å²) in [6, 6.07) is 4.13. The topological polar surface area (TPSA) is 64.9 Å². The molecule has 0 spiro atoms. The summed E-state index contributed by atoms with van der Waals surface area (Å²) in [5, 5.41) is 9.00. The van der Waals surface area contributed by atoms with Gasteiger partial charge in [-0.15, -0.1) is 0 Å². The Kier molecular flexibility index (Phi) is 3.46. The average Bonchev–Trinajstić information content (AvgIpc) is 3.15. The Morgan fingerprint density at radius 3 is 3.00 bits per heavy atom. The van der Waals surface area contributed by atoms with Gasteiger partial charge in [0.15, 0.2) is 0 Å². The molecule has 118 valence electrons. The summed E-state index contributed by atoms with van der Waals surface area (Å²) in [6.07, 6.45) is 8.33. The summed E-state index contributed by atoms with van der Waals surface area (Å²) in [4.78, 5) is 8.60. The molecule has 4 heterocycles. The van der Waals surface area contributed by atoms with Gasteiger partial charge in [0.05, 0.1) is 17.8 Å². The first-order chi connectivity index (χ1) is 11.2. The first-order valence-electron chi connectivity index (χ1n) is 7.79. The summed E-state index contributed by atoms with van der Waals surface area (Å²) < 4.78 is 7.87. The number of rotatable bonds is 3. The van der Waals surface area contributed by atoms with Gasteiger partial charge in [0.25, 0.3) is 0 Å². The van der Waals surface area contributed by atoms with Gasteiger partial charge in [-0.3, -0.25) is 14.6 Å². The monoisotopic (exact) mass is 309 g/mol. The second kappa shape index (κ2) is 5.62. The van der Waals surface area contributed by atoms with E-state index >= 15 is 0 Å². The van der Waals surface area contributed by atoms with Gasteiger partial charge >= 0.3 is 0 Å². The second-order valence-corrected chi connectivity index (χ2v) is 5.89. The number of hydrogen-bond acceptors (Lipinski definition) is 5. The van der Waals surface area contributed by atoms with Crippen LogP contribution >= 0.6 is 0 Å². The quantitative estimate of drug-likeness (QED) is 0.805. The molecule has 2 atom stereocenters. The van der Waals surface area contributed by atoms with E-state index < -0.39 is 0 Å². The van der Waals surface area contributed by atoms with Crippen LogP contribution in [0.3, 0.4) is 0 Å². The molecule has 0 aliphatic carbocycles. The van der Waals surface area contributed by atoms with Crippen LogP contribution in [0.25, 0.3) is 10.9 Å². The van der Waals surface area contributed by atoms with Crippen molar-refractivity contribution in [3.63, 3.8) is 0 Å². The molecule has 0 radical (unpaired) electrons. The minimum absolute atomic E-state index is 0.0172. The van der Waals surface area contributed by atoms with Crippen LogP contribution in [0.5, 0.6) is 0 Å². The molecule has 0 aromatic carbocycles. The molecule has 1 N–H and O–H groups in total. The molecule has 1 fully saturated rings. The molecule has 3 aromatic rings. The zero-order valence-electron chi connectivity index (χ0n) is 13.2. The molecule has 23 heavy (non-hydrogen) atoms. The van der Waals surface area contributed by atoms with Crippen molar-refractivity contribution in [1.82, 2.24) is 19.7 Å². The standard InChI is InChI=1S/C17H19N5O/c1-11-12(10-20-22(11)2)17-16(5-8-23-17)21-15-4-7-19-14-3-6-18-9-13(14)15/h3-4,6-7,9-10,16-17H,5,8H2,1-2H3,(H,19,21)/t16-,17+/m0/s1. The van der Waals surface area contributed by atoms with Gasteiger partial charge in [-0.2, -0.15) is 5.10 Å². The summed E-state index contributed by atoms with van der Waals surface area (Å²) in [7, 11) is 1.96. The van der Waals surface area contributed by atoms with Gasteiger partial charge < -0.3 is 10.1 Å². The van der Waals surface area contributed by atoms with Gasteiger partial charge in [-0.25, -0.2) is 0 Å². The van der Waals surface area contributed by atoms with E-state index in [2.05, 4.69) is 27.3 Å². The highest BCUT2D eigenvalue weighted by atomic mass is 16.5. The zero-order chi connectivity index (χ0) is 15.8. The second-order valence-electron chi connectivity index (χ2n) is 5.89. The summed E-state index contributed by atoms with van der Waals surface area (Å²) in [5.41, 5.74) is 4.28. The molecule has 0 amide bonds. The van der Waals surface area contributed by atoms with Crippen LogP contribution in [0.1, 0.15) is 23.8 Å². The third kappa shape index (κ3) is 2.45. The third-order valence-corrected chi connectivity index (χ3v) is 4.56. The van der Waals surface area contributed by atoms with Crippen LogP contribution in [0, 0.1) is 6.92 Å². The van der Waals surface area contributed by atoms with E-state index in [4.69, 9.17) is 4.74 Å². The first kappa shape index (κ1) is 14.1. The highest BCUT2D eigenvalue weighted by molar-refractivity contribution is 5.90. The van der Waals surface area contributed by atoms with E-state index in [0.29, 0.717) is 0 Å². The molecule has 0 unspecified atom stereocenters. The number of nitrogens with one attached hydrogen (secondary N) is 1. The normalized spacial score (nSPS) is 21.0. The zero-order valence-corrected chi connectivity index (χ0v) is 13.2. The van der Waals surface area contributed by atoms with E-state index in [1.165, 1.54) is 0 Å². The van der Waals surface area contributed by atoms with E-state index in [1.54, 1.807) is 6.20 Å². The Labute approximate surface area is 134 Å². The number of aromatic nitrogens is 4. The van der Waals surface area contributed by atoms with E-state index in [0.717, 1.165) is 40.9 Å². The predicted molar refractivity (Wildman–Crippen MR) is 88.2 cm³/mol. The third-order valence-electron chi connectivity index (χ3n) is 4.56. The molecule has 1 saturated heterocycles. The SMILES string of the molecule is Cc1c([C@H]2OCC[C@@H]2Nc2ccnc3ccncc23)cnn1C. The lowest BCUT2D eigenvalue weighted by Gasteiger charge is -2.21. The van der Waals surface area contributed by atoms with Crippen LogP contribution in [0.4, 0.5) is 5.69 Å². The smallest absolute Gasteiger partial charge is 0.106 e. The molecule has 6 heteroatoms. The van der Waals surface area contributed by atoms with E-state index in [9.17, 15) is 0 Å². The van der Waals surface area contributed by atoms with Crippen LogP contribution in [0.2, 0.25) is 0 Å². The number of hydrogen-bond donors (Lipinski definition) is 1. The number of anilines is 1. The molecule has 0 saturated carbocycles. The molecule has 1 aliphatic heterocycles. The molecule has 6 nitrogen and oxygen atoms in total. The van der Waals surface area contributed by atoms with Crippen molar-refractivity contribution < 1.29 is 4.74 Å². The largest absolute Gasteiger partial charge is 0.379 e. The fourth-order valence-corrected chi connectivity index (χ4v) is 3.15. The van der Waals surface area contributed by atoms with Crippen molar-refractivity contribution >= 4 is 16.6 Å². The van der Waals surface area contributed by atoms with Gasteiger partial charge in [0.1, 0.15) is 6.10 Å². The van der Waals surface area contributed by atoms with Crippen molar-refractivity contribution in [2.24, 2.45) is 7.05 Å². The Balaban J connectivity index is 1.66. The number of fused-ring (bicyclic) bond motifs is 1. The molecule has 0 bridgehead atoms. The molecule has 4 rings (SSSR count). The van der Waals surface area contributed by atoms with E-state index in [-0.39, 0.29) is 12.1 Å². The maximum absolute atomic E-state index is 5.98. The van der Waals surface area contributed by atoms with Gasteiger partial charge in [0, 0.05) is 54.6 Å². The fraction of sp³-hybridized carbons (Fsp3) is 0.353. The summed E-state index contributed by atoms with van der Waals surface area (Å²) >= 11 is 0. The average molecular weight is 309 g/mol. The van der Waals surface area contributed by atoms with E-state index in [1.807, 2.05) is 42.5 Å². The predicted octanol–water partition coefficient (Wildman–Crippen LogP) is 2.61. The highest BCUT2D eigenvalue weighted by Gasteiger charge is 2.32. The fourth-order valence-electron chi connectivity index (χ4n) is 3.15. The Hall–Kier alpha value is -2.47.